The molecule has 2 aromatic rings. The summed E-state index contributed by atoms with van der Waals surface area (Å²) in [5.74, 6) is 1.35. The Labute approximate surface area is 118 Å². The molecule has 1 N–H and O–H groups in total. The van der Waals surface area contributed by atoms with Gasteiger partial charge in [0.25, 0.3) is 0 Å². The van der Waals surface area contributed by atoms with Gasteiger partial charge >= 0.3 is 0 Å². The van der Waals surface area contributed by atoms with E-state index in [1.807, 2.05) is 24.3 Å². The number of hydrogen-bond acceptors (Lipinski definition) is 3. The molecule has 0 aliphatic rings. The maximum Gasteiger partial charge on any atom is 0.124 e. The number of hydrogen-bond donors (Lipinski definition) is 1. The van der Waals surface area contributed by atoms with Crippen LogP contribution in [0.4, 0.5) is 0 Å². The molecule has 0 saturated heterocycles. The Morgan fingerprint density at radius 3 is 2.47 bits per heavy atom. The molecule has 0 aromatic heterocycles. The predicted molar refractivity (Wildman–Crippen MR) is 79.9 cm³/mol. The third-order valence-corrected chi connectivity index (χ3v) is 4.01. The maximum atomic E-state index is 10.2. The fourth-order valence-corrected chi connectivity index (χ4v) is 2.70. The Hall–Kier alpha value is -1.45. The number of aliphatic hydroxyl groups is 1. The van der Waals surface area contributed by atoms with Gasteiger partial charge in [-0.1, -0.05) is 35.9 Å². The van der Waals surface area contributed by atoms with E-state index in [-0.39, 0.29) is 0 Å². The van der Waals surface area contributed by atoms with E-state index in [4.69, 9.17) is 4.74 Å². The summed E-state index contributed by atoms with van der Waals surface area (Å²) in [4.78, 5) is 1.17. The maximum absolute atomic E-state index is 10.2. The molecule has 0 heterocycles. The van der Waals surface area contributed by atoms with Crippen molar-refractivity contribution in [2.45, 2.75) is 17.9 Å². The first-order valence-electron chi connectivity index (χ1n) is 6.21. The van der Waals surface area contributed by atoms with Crippen molar-refractivity contribution in [3.05, 3.63) is 59.7 Å². The van der Waals surface area contributed by atoms with Crippen molar-refractivity contribution in [2.75, 3.05) is 12.9 Å². The van der Waals surface area contributed by atoms with E-state index in [1.54, 1.807) is 18.9 Å². The van der Waals surface area contributed by atoms with Crippen molar-refractivity contribution < 1.29 is 9.84 Å². The van der Waals surface area contributed by atoms with Crippen LogP contribution < -0.4 is 4.74 Å². The summed E-state index contributed by atoms with van der Waals surface area (Å²) < 4.78 is 5.26. The van der Waals surface area contributed by atoms with Gasteiger partial charge in [-0.25, -0.2) is 0 Å². The van der Waals surface area contributed by atoms with E-state index in [0.717, 1.165) is 11.3 Å². The molecule has 0 spiro atoms. The minimum atomic E-state index is -0.526. The second-order valence-corrected chi connectivity index (χ2v) is 5.48. The van der Waals surface area contributed by atoms with Crippen LogP contribution in [0.2, 0.25) is 0 Å². The van der Waals surface area contributed by atoms with Crippen LogP contribution in [0.3, 0.4) is 0 Å². The third kappa shape index (κ3) is 3.75. The number of ether oxygens (including phenoxy) is 1. The molecule has 1 atom stereocenters. The molecular weight excluding hydrogens is 256 g/mol. The van der Waals surface area contributed by atoms with E-state index in [1.165, 1.54) is 10.5 Å². The number of thioether (sulfide) groups is 1. The lowest BCUT2D eigenvalue weighted by molar-refractivity contribution is 0.199. The number of rotatable bonds is 5. The second kappa shape index (κ2) is 6.64. The summed E-state index contributed by atoms with van der Waals surface area (Å²) in [5, 5.41) is 10.2. The van der Waals surface area contributed by atoms with Gasteiger partial charge < -0.3 is 9.84 Å². The number of benzene rings is 2. The van der Waals surface area contributed by atoms with Crippen LogP contribution in [-0.4, -0.2) is 18.0 Å². The van der Waals surface area contributed by atoms with Crippen molar-refractivity contribution in [2.24, 2.45) is 0 Å². The van der Waals surface area contributed by atoms with Gasteiger partial charge in [-0.3, -0.25) is 0 Å². The van der Waals surface area contributed by atoms with Crippen molar-refractivity contribution in [1.29, 1.82) is 0 Å². The standard InChI is InChI=1S/C16H18O2S/c1-12-7-9-13(10-8-12)19-11-15(17)14-5-3-4-6-16(14)18-2/h3-10,15,17H,11H2,1-2H3. The summed E-state index contributed by atoms with van der Waals surface area (Å²) in [6.07, 6.45) is -0.526. The molecule has 0 radical (unpaired) electrons. The van der Waals surface area contributed by atoms with Gasteiger partial charge in [0.1, 0.15) is 5.75 Å². The molecule has 0 bridgehead atoms. The third-order valence-electron chi connectivity index (χ3n) is 2.93. The molecule has 2 rings (SSSR count). The van der Waals surface area contributed by atoms with Crippen LogP contribution in [0.5, 0.6) is 5.75 Å². The van der Waals surface area contributed by atoms with Crippen molar-refractivity contribution in [3.63, 3.8) is 0 Å². The fourth-order valence-electron chi connectivity index (χ4n) is 1.84. The second-order valence-electron chi connectivity index (χ2n) is 4.38. The van der Waals surface area contributed by atoms with Gasteiger partial charge in [0.2, 0.25) is 0 Å². The molecule has 1 unspecified atom stereocenters. The quantitative estimate of drug-likeness (QED) is 0.840. The van der Waals surface area contributed by atoms with Crippen LogP contribution in [0.15, 0.2) is 53.4 Å². The number of aliphatic hydroxyl groups excluding tert-OH is 1. The van der Waals surface area contributed by atoms with Crippen LogP contribution in [0.25, 0.3) is 0 Å². The van der Waals surface area contributed by atoms with Gasteiger partial charge in [0.05, 0.1) is 13.2 Å². The number of methoxy groups -OCH3 is 1. The average molecular weight is 274 g/mol. The normalized spacial score (nSPS) is 12.2. The SMILES string of the molecule is COc1ccccc1C(O)CSc1ccc(C)cc1. The molecule has 2 nitrogen and oxygen atoms in total. The number of aryl methyl sites for hydroxylation is 1. The Bertz CT molecular complexity index is 523. The lowest BCUT2D eigenvalue weighted by Gasteiger charge is -2.14. The zero-order chi connectivity index (χ0) is 13.7. The van der Waals surface area contributed by atoms with E-state index in [0.29, 0.717) is 5.75 Å². The van der Waals surface area contributed by atoms with Crippen molar-refractivity contribution >= 4 is 11.8 Å². The first kappa shape index (κ1) is 14.0. The Morgan fingerprint density at radius 2 is 1.79 bits per heavy atom. The van der Waals surface area contributed by atoms with Gasteiger partial charge in [-0.2, -0.15) is 0 Å². The summed E-state index contributed by atoms with van der Waals surface area (Å²) >= 11 is 1.65. The largest absolute Gasteiger partial charge is 0.496 e. The molecule has 0 amide bonds. The van der Waals surface area contributed by atoms with E-state index < -0.39 is 6.10 Å². The molecule has 0 aliphatic heterocycles. The van der Waals surface area contributed by atoms with Gasteiger partial charge in [0, 0.05) is 16.2 Å². The number of para-hydroxylation sites is 1. The van der Waals surface area contributed by atoms with Crippen LogP contribution in [-0.2, 0) is 0 Å². The summed E-state index contributed by atoms with van der Waals surface area (Å²) in [6.45, 7) is 2.07. The lowest BCUT2D eigenvalue weighted by atomic mass is 10.1. The Morgan fingerprint density at radius 1 is 1.11 bits per heavy atom. The van der Waals surface area contributed by atoms with E-state index >= 15 is 0 Å². The summed E-state index contributed by atoms with van der Waals surface area (Å²) in [6, 6.07) is 15.9. The summed E-state index contributed by atoms with van der Waals surface area (Å²) in [5.41, 5.74) is 2.08. The van der Waals surface area contributed by atoms with Crippen LogP contribution in [0.1, 0.15) is 17.2 Å². The molecule has 3 heteroatoms. The highest BCUT2D eigenvalue weighted by molar-refractivity contribution is 7.99. The predicted octanol–water partition coefficient (Wildman–Crippen LogP) is 3.83. The lowest BCUT2D eigenvalue weighted by Crippen LogP contribution is -2.03. The van der Waals surface area contributed by atoms with Crippen molar-refractivity contribution in [1.82, 2.24) is 0 Å². The van der Waals surface area contributed by atoms with Crippen LogP contribution in [0, 0.1) is 6.92 Å². The fraction of sp³-hybridized carbons (Fsp3) is 0.250. The smallest absolute Gasteiger partial charge is 0.124 e. The molecule has 100 valence electrons. The molecule has 0 saturated carbocycles. The zero-order valence-electron chi connectivity index (χ0n) is 11.2. The molecule has 0 aliphatic carbocycles. The van der Waals surface area contributed by atoms with E-state index in [2.05, 4.69) is 31.2 Å². The first-order valence-corrected chi connectivity index (χ1v) is 7.19. The Balaban J connectivity index is 2.01. The highest BCUT2D eigenvalue weighted by Crippen LogP contribution is 2.29. The zero-order valence-corrected chi connectivity index (χ0v) is 12.0. The minimum Gasteiger partial charge on any atom is -0.496 e. The van der Waals surface area contributed by atoms with Gasteiger partial charge in [-0.15, -0.1) is 11.8 Å². The minimum absolute atomic E-state index is 0.526. The topological polar surface area (TPSA) is 29.5 Å². The Kier molecular flexibility index (Phi) is 4.88. The van der Waals surface area contributed by atoms with Crippen LogP contribution >= 0.6 is 11.8 Å². The van der Waals surface area contributed by atoms with Crippen molar-refractivity contribution in [3.8, 4) is 5.75 Å². The first-order chi connectivity index (χ1) is 9.20. The monoisotopic (exact) mass is 274 g/mol. The van der Waals surface area contributed by atoms with Gasteiger partial charge in [-0.05, 0) is 25.1 Å². The molecular formula is C16H18O2S. The molecule has 2 aromatic carbocycles. The van der Waals surface area contributed by atoms with Gasteiger partial charge in [0.15, 0.2) is 0 Å². The average Bonchev–Trinajstić information content (AvgIpc) is 2.46. The highest BCUT2D eigenvalue weighted by Gasteiger charge is 2.12. The highest BCUT2D eigenvalue weighted by atomic mass is 32.2. The summed E-state index contributed by atoms with van der Waals surface area (Å²) in [7, 11) is 1.62. The van der Waals surface area contributed by atoms with E-state index in [9.17, 15) is 5.11 Å². The molecule has 19 heavy (non-hydrogen) atoms. The molecule has 0 fully saturated rings.